The number of H-pyrrole nitrogens is 1. The number of rotatable bonds is 9. The van der Waals surface area contributed by atoms with E-state index >= 15 is 0 Å². The Balaban J connectivity index is 2.32. The van der Waals surface area contributed by atoms with Crippen LogP contribution >= 0.6 is 0 Å². The van der Waals surface area contributed by atoms with Gasteiger partial charge < -0.3 is 9.72 Å². The molecule has 1 heterocycles. The predicted octanol–water partition coefficient (Wildman–Crippen LogP) is 2.84. The summed E-state index contributed by atoms with van der Waals surface area (Å²) in [4.78, 5) is 49.0. The van der Waals surface area contributed by atoms with Crippen LogP contribution < -0.4 is 16.4 Å². The Hall–Kier alpha value is -4.00. The van der Waals surface area contributed by atoms with Crippen LogP contribution in [0.4, 0.5) is 18.9 Å². The van der Waals surface area contributed by atoms with Crippen molar-refractivity contribution in [3.8, 4) is 0 Å². The minimum atomic E-state index is -5.20. The number of carbonyl (C=O) groups is 2. The molecule has 0 bridgehead atoms. The molecule has 2 rings (SSSR count). The van der Waals surface area contributed by atoms with Crippen LogP contribution in [0.2, 0.25) is 0 Å². The molecule has 0 saturated heterocycles. The van der Waals surface area contributed by atoms with Crippen LogP contribution in [0.25, 0.3) is 0 Å². The fourth-order valence-electron chi connectivity index (χ4n) is 2.90. The van der Waals surface area contributed by atoms with Gasteiger partial charge in [0.05, 0.1) is 11.5 Å². The quantitative estimate of drug-likeness (QED) is 0.285. The van der Waals surface area contributed by atoms with E-state index in [-0.39, 0.29) is 12.0 Å². The fraction of sp³-hybridized carbons (Fsp3) is 0.286. The maximum atomic E-state index is 14.1. The summed E-state index contributed by atoms with van der Waals surface area (Å²) >= 11 is 0. The first-order chi connectivity index (χ1) is 15.9. The van der Waals surface area contributed by atoms with Crippen LogP contribution in [0, 0.1) is 17.0 Å². The summed E-state index contributed by atoms with van der Waals surface area (Å²) in [5, 5.41) is 11.2. The van der Waals surface area contributed by atoms with E-state index < -0.39 is 58.5 Å². The molecular weight excluding hydrogens is 461 g/mol. The first-order valence-electron chi connectivity index (χ1n) is 9.77. The normalized spacial score (nSPS) is 12.9. The van der Waals surface area contributed by atoms with Gasteiger partial charge in [-0.15, -0.1) is 6.58 Å². The Kier molecular flexibility index (Phi) is 8.30. The zero-order valence-electron chi connectivity index (χ0n) is 17.9. The number of hydrogen-bond donors (Lipinski definition) is 3. The van der Waals surface area contributed by atoms with E-state index in [1.54, 1.807) is 29.1 Å². The lowest BCUT2D eigenvalue weighted by Crippen LogP contribution is -2.61. The Morgan fingerprint density at radius 3 is 2.44 bits per heavy atom. The molecule has 2 amide bonds. The van der Waals surface area contributed by atoms with Crippen LogP contribution in [0.15, 0.2) is 53.8 Å². The van der Waals surface area contributed by atoms with Gasteiger partial charge in [0, 0.05) is 11.6 Å². The average Bonchev–Trinajstić information content (AvgIpc) is 2.78. The third-order valence-corrected chi connectivity index (χ3v) is 4.77. The predicted molar refractivity (Wildman–Crippen MR) is 114 cm³/mol. The van der Waals surface area contributed by atoms with Crippen LogP contribution in [0.1, 0.15) is 34.5 Å². The molecule has 3 N–H and O–H groups in total. The summed E-state index contributed by atoms with van der Waals surface area (Å²) in [6.07, 6.45) is -5.15. The minimum absolute atomic E-state index is 0.0675. The zero-order chi connectivity index (χ0) is 25.5. The second kappa shape index (κ2) is 10.7. The van der Waals surface area contributed by atoms with Crippen molar-refractivity contribution in [1.29, 1.82) is 0 Å². The van der Waals surface area contributed by atoms with Gasteiger partial charge >= 0.3 is 6.18 Å². The van der Waals surface area contributed by atoms with Crippen LogP contribution in [-0.4, -0.2) is 33.5 Å². The summed E-state index contributed by atoms with van der Waals surface area (Å²) < 4.78 is 47.4. The standard InChI is InChI=1S/C21H21F3N4O6/c1-3-4-10-20(21(22,23)24,34-12-14-8-6-5-7-9-14)19(31)27-26-18(30)16-15(28(32)33)11-13(2)17(29)25-16/h3,5-9,11H,1,4,10,12H2,2H3,(H,25,29)(H,26,30)(H,27,31). The Labute approximate surface area is 190 Å². The van der Waals surface area contributed by atoms with Crippen LogP contribution in [0.3, 0.4) is 0 Å². The molecule has 13 heteroatoms. The highest BCUT2D eigenvalue weighted by atomic mass is 19.4. The van der Waals surface area contributed by atoms with Gasteiger partial charge in [0.2, 0.25) is 5.60 Å². The molecule has 0 saturated carbocycles. The van der Waals surface area contributed by atoms with Crippen molar-refractivity contribution >= 4 is 17.5 Å². The summed E-state index contributed by atoms with van der Waals surface area (Å²) in [7, 11) is 0. The number of nitrogens with one attached hydrogen (secondary N) is 3. The number of hydrogen-bond acceptors (Lipinski definition) is 6. The van der Waals surface area contributed by atoms with Gasteiger partial charge in [-0.2, -0.15) is 13.2 Å². The van der Waals surface area contributed by atoms with E-state index in [9.17, 15) is 37.7 Å². The lowest BCUT2D eigenvalue weighted by atomic mass is 9.95. The second-order valence-corrected chi connectivity index (χ2v) is 7.13. The van der Waals surface area contributed by atoms with Gasteiger partial charge in [0.1, 0.15) is 0 Å². The first-order valence-corrected chi connectivity index (χ1v) is 9.77. The number of aromatic nitrogens is 1. The first kappa shape index (κ1) is 26.3. The lowest BCUT2D eigenvalue weighted by Gasteiger charge is -2.34. The smallest absolute Gasteiger partial charge is 0.352 e. The Morgan fingerprint density at radius 1 is 1.24 bits per heavy atom. The fourth-order valence-corrected chi connectivity index (χ4v) is 2.90. The molecule has 1 unspecified atom stereocenters. The molecule has 1 aromatic carbocycles. The van der Waals surface area contributed by atoms with E-state index in [2.05, 4.69) is 6.58 Å². The third-order valence-electron chi connectivity index (χ3n) is 4.77. The molecule has 182 valence electrons. The number of nitrogens with zero attached hydrogens (tertiary/aromatic N) is 1. The van der Waals surface area contributed by atoms with Crippen molar-refractivity contribution in [3.05, 3.63) is 86.3 Å². The molecule has 0 aliphatic heterocycles. The summed E-state index contributed by atoms with van der Waals surface area (Å²) in [5.74, 6) is -3.16. The monoisotopic (exact) mass is 482 g/mol. The van der Waals surface area contributed by atoms with E-state index in [4.69, 9.17) is 4.74 Å². The van der Waals surface area contributed by atoms with Crippen molar-refractivity contribution in [2.75, 3.05) is 0 Å². The van der Waals surface area contributed by atoms with Gasteiger partial charge in [0.15, 0.2) is 5.69 Å². The van der Waals surface area contributed by atoms with E-state index in [0.29, 0.717) is 5.56 Å². The SMILES string of the molecule is C=CCCC(OCc1ccccc1)(C(=O)NNC(=O)c1[nH]c(=O)c(C)cc1[N+](=O)[O-])C(F)(F)F. The van der Waals surface area contributed by atoms with E-state index in [0.717, 1.165) is 6.07 Å². The number of aryl methyl sites for hydroxylation is 1. The molecular formula is C21H21F3N4O6. The van der Waals surface area contributed by atoms with Gasteiger partial charge in [-0.25, -0.2) is 0 Å². The molecule has 1 atom stereocenters. The zero-order valence-corrected chi connectivity index (χ0v) is 17.9. The number of amides is 2. The molecule has 0 aliphatic rings. The van der Waals surface area contributed by atoms with E-state index in [1.165, 1.54) is 25.1 Å². The van der Waals surface area contributed by atoms with Gasteiger partial charge in [-0.05, 0) is 25.3 Å². The maximum Gasteiger partial charge on any atom is 0.426 e. The van der Waals surface area contributed by atoms with Crippen LogP contribution in [0.5, 0.6) is 0 Å². The molecule has 10 nitrogen and oxygen atoms in total. The van der Waals surface area contributed by atoms with Crippen molar-refractivity contribution in [2.45, 2.75) is 38.1 Å². The number of carbonyl (C=O) groups excluding carboxylic acids is 2. The number of benzene rings is 1. The van der Waals surface area contributed by atoms with Crippen molar-refractivity contribution in [1.82, 2.24) is 15.8 Å². The highest BCUT2D eigenvalue weighted by Gasteiger charge is 2.61. The van der Waals surface area contributed by atoms with Crippen molar-refractivity contribution in [2.24, 2.45) is 0 Å². The largest absolute Gasteiger partial charge is 0.426 e. The molecule has 2 aromatic rings. The minimum Gasteiger partial charge on any atom is -0.352 e. The number of nitro groups is 1. The number of aromatic amines is 1. The second-order valence-electron chi connectivity index (χ2n) is 7.13. The summed E-state index contributed by atoms with van der Waals surface area (Å²) in [6.45, 7) is 4.04. The number of hydrazine groups is 1. The van der Waals surface area contributed by atoms with Crippen LogP contribution in [-0.2, 0) is 16.1 Å². The highest BCUT2D eigenvalue weighted by Crippen LogP contribution is 2.38. The van der Waals surface area contributed by atoms with Crippen molar-refractivity contribution < 1.29 is 32.4 Å². The topological polar surface area (TPSA) is 143 Å². The number of halogens is 3. The lowest BCUT2D eigenvalue weighted by molar-refractivity contribution is -0.385. The number of alkyl halides is 3. The van der Waals surface area contributed by atoms with Gasteiger partial charge in [-0.1, -0.05) is 36.4 Å². The Bertz CT molecular complexity index is 1130. The molecule has 0 spiro atoms. The van der Waals surface area contributed by atoms with E-state index in [1.807, 2.05) is 4.98 Å². The molecule has 34 heavy (non-hydrogen) atoms. The molecule has 0 fully saturated rings. The number of pyridine rings is 1. The summed E-state index contributed by atoms with van der Waals surface area (Å²) in [5.41, 5.74) is -2.29. The van der Waals surface area contributed by atoms with Crippen molar-refractivity contribution in [3.63, 3.8) is 0 Å². The van der Waals surface area contributed by atoms with Gasteiger partial charge in [-0.3, -0.25) is 35.3 Å². The average molecular weight is 482 g/mol. The van der Waals surface area contributed by atoms with Gasteiger partial charge in [0.25, 0.3) is 23.1 Å². The molecule has 0 aliphatic carbocycles. The number of ether oxygens (including phenoxy) is 1. The molecule has 1 aromatic heterocycles. The maximum absolute atomic E-state index is 14.1. The summed E-state index contributed by atoms with van der Waals surface area (Å²) in [6, 6.07) is 8.63. The third kappa shape index (κ3) is 5.86. The highest BCUT2D eigenvalue weighted by molar-refractivity contribution is 5.98. The number of allylic oxidation sites excluding steroid dienone is 1. The Morgan fingerprint density at radius 2 is 1.88 bits per heavy atom. The molecule has 0 radical (unpaired) electrons.